The number of aliphatic hydroxyl groups is 5. The highest BCUT2D eigenvalue weighted by atomic mass is 16.8. The molecular formula is C16H24O10. The van der Waals surface area contributed by atoms with E-state index in [0.717, 1.165) is 6.26 Å². The zero-order chi connectivity index (χ0) is 19.2. The third-order valence-corrected chi connectivity index (χ3v) is 5.58. The molecule has 0 aromatic rings. The Hall–Kier alpha value is -1.27. The van der Waals surface area contributed by atoms with Crippen LogP contribution in [0.15, 0.2) is 11.8 Å². The van der Waals surface area contributed by atoms with Crippen LogP contribution in [0.2, 0.25) is 0 Å². The molecule has 10 atom stereocenters. The average molecular weight is 376 g/mol. The third kappa shape index (κ3) is 3.22. The summed E-state index contributed by atoms with van der Waals surface area (Å²) in [7, 11) is 0. The lowest BCUT2D eigenvalue weighted by Crippen LogP contribution is -2.60. The van der Waals surface area contributed by atoms with Crippen LogP contribution in [-0.2, 0) is 19.0 Å². The summed E-state index contributed by atoms with van der Waals surface area (Å²) in [6.07, 6.45) is -7.71. The van der Waals surface area contributed by atoms with Crippen molar-refractivity contribution < 1.29 is 49.6 Å². The van der Waals surface area contributed by atoms with E-state index in [-0.39, 0.29) is 17.9 Å². The molecule has 0 amide bonds. The van der Waals surface area contributed by atoms with E-state index < -0.39 is 67.5 Å². The van der Waals surface area contributed by atoms with Crippen molar-refractivity contribution in [2.45, 2.75) is 56.4 Å². The van der Waals surface area contributed by atoms with Crippen LogP contribution in [0.3, 0.4) is 0 Å². The van der Waals surface area contributed by atoms with Crippen molar-refractivity contribution in [3.05, 3.63) is 11.8 Å². The van der Waals surface area contributed by atoms with Crippen LogP contribution in [0.4, 0.5) is 0 Å². The molecule has 1 aliphatic carbocycles. The highest BCUT2D eigenvalue weighted by Crippen LogP contribution is 2.47. The Labute approximate surface area is 149 Å². The van der Waals surface area contributed by atoms with Crippen molar-refractivity contribution in [1.29, 1.82) is 0 Å². The fourth-order valence-electron chi connectivity index (χ4n) is 3.99. The summed E-state index contributed by atoms with van der Waals surface area (Å²) in [5, 5.41) is 58.5. The molecule has 0 bridgehead atoms. The molecule has 2 heterocycles. The monoisotopic (exact) mass is 376 g/mol. The zero-order valence-corrected chi connectivity index (χ0v) is 14.1. The van der Waals surface area contributed by atoms with Crippen LogP contribution in [0.25, 0.3) is 0 Å². The molecule has 2 aliphatic heterocycles. The minimum Gasteiger partial charge on any atom is -0.478 e. The van der Waals surface area contributed by atoms with E-state index in [2.05, 4.69) is 0 Å². The predicted octanol–water partition coefficient (Wildman–Crippen LogP) is -2.24. The summed E-state index contributed by atoms with van der Waals surface area (Å²) < 4.78 is 16.3. The van der Waals surface area contributed by atoms with Crippen molar-refractivity contribution >= 4 is 5.97 Å². The number of ether oxygens (including phenoxy) is 3. The van der Waals surface area contributed by atoms with Crippen molar-refractivity contribution in [1.82, 2.24) is 0 Å². The summed E-state index contributed by atoms with van der Waals surface area (Å²) in [6.45, 7) is 1.15. The molecule has 10 nitrogen and oxygen atoms in total. The van der Waals surface area contributed by atoms with Gasteiger partial charge in [0.15, 0.2) is 6.29 Å². The zero-order valence-electron chi connectivity index (χ0n) is 14.1. The summed E-state index contributed by atoms with van der Waals surface area (Å²) in [4.78, 5) is 11.4. The van der Waals surface area contributed by atoms with Crippen molar-refractivity contribution in [3.8, 4) is 0 Å². The van der Waals surface area contributed by atoms with Crippen LogP contribution in [0, 0.1) is 17.8 Å². The lowest BCUT2D eigenvalue weighted by atomic mass is 9.83. The lowest BCUT2D eigenvalue weighted by Gasteiger charge is -2.43. The summed E-state index contributed by atoms with van der Waals surface area (Å²) in [5.41, 5.74) is 0.0343. The SMILES string of the molecule is CC1C(O)C[C@H]2C(C(=O)O)=COC(OC3OC(CO)C(O)C(O)C3O)[C@@H]12. The molecule has 3 rings (SSSR count). The highest BCUT2D eigenvalue weighted by Gasteiger charge is 2.53. The third-order valence-electron chi connectivity index (χ3n) is 5.58. The van der Waals surface area contributed by atoms with Crippen LogP contribution >= 0.6 is 0 Å². The second-order valence-electron chi connectivity index (χ2n) is 7.06. The Kier molecular flexibility index (Phi) is 5.54. The number of aliphatic carboxylic acids is 1. The fourth-order valence-corrected chi connectivity index (χ4v) is 3.99. The van der Waals surface area contributed by atoms with Crippen molar-refractivity contribution in [2.75, 3.05) is 6.61 Å². The molecule has 10 heteroatoms. The van der Waals surface area contributed by atoms with Gasteiger partial charge < -0.3 is 44.8 Å². The van der Waals surface area contributed by atoms with Crippen LogP contribution in [0.1, 0.15) is 13.3 Å². The predicted molar refractivity (Wildman–Crippen MR) is 82.2 cm³/mol. The Balaban J connectivity index is 1.79. The van der Waals surface area contributed by atoms with E-state index >= 15 is 0 Å². The lowest BCUT2D eigenvalue weighted by molar-refractivity contribution is -0.342. The smallest absolute Gasteiger partial charge is 0.334 e. The number of carboxylic acids is 1. The standard InChI is InChI=1S/C16H24O10/c1-5-8(18)2-6-7(14(22)23)4-24-15(10(5)6)26-16-13(21)12(20)11(19)9(3-17)25-16/h4-6,8-13,15-21H,2-3H2,1H3,(H,22,23)/t5?,6-,8?,9?,10-,11?,12?,13?,15?,16?/m0/s1. The van der Waals surface area contributed by atoms with Gasteiger partial charge in [-0.1, -0.05) is 6.92 Å². The second-order valence-corrected chi connectivity index (χ2v) is 7.06. The van der Waals surface area contributed by atoms with Gasteiger partial charge in [0.25, 0.3) is 0 Å². The van der Waals surface area contributed by atoms with Gasteiger partial charge in [-0.05, 0) is 12.3 Å². The molecule has 6 N–H and O–H groups in total. The average Bonchev–Trinajstić information content (AvgIpc) is 2.90. The van der Waals surface area contributed by atoms with E-state index in [9.17, 15) is 35.4 Å². The Bertz CT molecular complexity index is 563. The number of aliphatic hydroxyl groups excluding tert-OH is 5. The normalized spacial score (nSPS) is 48.5. The summed E-state index contributed by atoms with van der Waals surface area (Å²) >= 11 is 0. The maximum Gasteiger partial charge on any atom is 0.334 e. The maximum atomic E-state index is 11.4. The van der Waals surface area contributed by atoms with Gasteiger partial charge in [-0.3, -0.25) is 0 Å². The fraction of sp³-hybridized carbons (Fsp3) is 0.812. The van der Waals surface area contributed by atoms with Crippen LogP contribution in [-0.4, -0.2) is 86.3 Å². The molecule has 0 aromatic heterocycles. The first-order chi connectivity index (χ1) is 12.3. The van der Waals surface area contributed by atoms with E-state index in [0.29, 0.717) is 0 Å². The second kappa shape index (κ2) is 7.39. The largest absolute Gasteiger partial charge is 0.478 e. The highest BCUT2D eigenvalue weighted by molar-refractivity contribution is 5.87. The molecule has 26 heavy (non-hydrogen) atoms. The Morgan fingerprint density at radius 2 is 1.88 bits per heavy atom. The molecule has 3 aliphatic rings. The molecular weight excluding hydrogens is 352 g/mol. The quantitative estimate of drug-likeness (QED) is 0.316. The molecule has 0 radical (unpaired) electrons. The first kappa shape index (κ1) is 19.5. The van der Waals surface area contributed by atoms with Crippen molar-refractivity contribution in [2.24, 2.45) is 17.8 Å². The first-order valence-corrected chi connectivity index (χ1v) is 8.49. The van der Waals surface area contributed by atoms with Crippen LogP contribution in [0.5, 0.6) is 0 Å². The van der Waals surface area contributed by atoms with Crippen molar-refractivity contribution in [3.63, 3.8) is 0 Å². The summed E-state index contributed by atoms with van der Waals surface area (Å²) in [5.74, 6) is -2.49. The Morgan fingerprint density at radius 3 is 2.50 bits per heavy atom. The first-order valence-electron chi connectivity index (χ1n) is 8.49. The molecule has 148 valence electrons. The number of rotatable bonds is 4. The van der Waals surface area contributed by atoms with Gasteiger partial charge in [-0.25, -0.2) is 4.79 Å². The van der Waals surface area contributed by atoms with Gasteiger partial charge in [-0.15, -0.1) is 0 Å². The van der Waals surface area contributed by atoms with Gasteiger partial charge in [0.05, 0.1) is 24.5 Å². The van der Waals surface area contributed by atoms with Gasteiger partial charge in [0.2, 0.25) is 6.29 Å². The number of carboxylic acid groups (broad SMARTS) is 1. The minimum atomic E-state index is -1.60. The molecule has 1 saturated heterocycles. The number of hydrogen-bond donors (Lipinski definition) is 6. The topological polar surface area (TPSA) is 166 Å². The molecule has 0 aromatic carbocycles. The van der Waals surface area contributed by atoms with Gasteiger partial charge >= 0.3 is 5.97 Å². The van der Waals surface area contributed by atoms with Crippen LogP contribution < -0.4 is 0 Å². The van der Waals surface area contributed by atoms with Gasteiger partial charge in [0, 0.05) is 11.8 Å². The molecule has 2 fully saturated rings. The van der Waals surface area contributed by atoms with E-state index in [4.69, 9.17) is 14.2 Å². The molecule has 1 saturated carbocycles. The number of fused-ring (bicyclic) bond motifs is 1. The number of hydrogen-bond acceptors (Lipinski definition) is 9. The Morgan fingerprint density at radius 1 is 1.19 bits per heavy atom. The van der Waals surface area contributed by atoms with E-state index in [1.54, 1.807) is 6.92 Å². The number of carbonyl (C=O) groups is 1. The van der Waals surface area contributed by atoms with Gasteiger partial charge in [-0.2, -0.15) is 0 Å². The molecule has 0 spiro atoms. The molecule has 8 unspecified atom stereocenters. The minimum absolute atomic E-state index is 0.0343. The van der Waals surface area contributed by atoms with E-state index in [1.807, 2.05) is 0 Å². The summed E-state index contributed by atoms with van der Waals surface area (Å²) in [6, 6.07) is 0. The van der Waals surface area contributed by atoms with Gasteiger partial charge in [0.1, 0.15) is 24.4 Å². The van der Waals surface area contributed by atoms with E-state index in [1.165, 1.54) is 0 Å². The maximum absolute atomic E-state index is 11.4.